The normalized spacial score (nSPS) is 27.6. The predicted molar refractivity (Wildman–Crippen MR) is 189 cm³/mol. The molecule has 0 N–H and O–H groups in total. The summed E-state index contributed by atoms with van der Waals surface area (Å²) in [6, 6.07) is 14.8. The number of amides is 3. The Labute approximate surface area is 292 Å². The van der Waals surface area contributed by atoms with Crippen LogP contribution in [-0.2, 0) is 19.9 Å². The molecular weight excluding hydrogens is 653 g/mol. The monoisotopic (exact) mass is 695 g/mol. The second-order valence-electron chi connectivity index (χ2n) is 13.6. The number of benzene rings is 2. The lowest BCUT2D eigenvalue weighted by Gasteiger charge is -2.41. The molecule has 0 radical (unpaired) electrons. The van der Waals surface area contributed by atoms with Crippen LogP contribution in [0.15, 0.2) is 64.1 Å². The summed E-state index contributed by atoms with van der Waals surface area (Å²) < 4.78 is 0. The van der Waals surface area contributed by atoms with Gasteiger partial charge in [-0.05, 0) is 86.2 Å². The van der Waals surface area contributed by atoms with Gasteiger partial charge in [-0.1, -0.05) is 68.2 Å². The van der Waals surface area contributed by atoms with Crippen molar-refractivity contribution >= 4 is 57.9 Å². The van der Waals surface area contributed by atoms with E-state index in [0.717, 1.165) is 34.8 Å². The van der Waals surface area contributed by atoms with E-state index in [1.807, 2.05) is 70.2 Å². The highest BCUT2D eigenvalue weighted by atomic mass is 35.5. The number of thioether (sulfide) groups is 1. The molecule has 4 heterocycles. The number of rotatable bonds is 6. The van der Waals surface area contributed by atoms with Crippen LogP contribution in [0.5, 0.6) is 0 Å². The van der Waals surface area contributed by atoms with Crippen molar-refractivity contribution in [1.82, 2.24) is 19.6 Å². The Bertz CT molecular complexity index is 1630. The Morgan fingerprint density at radius 1 is 1.00 bits per heavy atom. The van der Waals surface area contributed by atoms with Gasteiger partial charge in [0.2, 0.25) is 11.8 Å². The van der Waals surface area contributed by atoms with Crippen molar-refractivity contribution in [1.29, 1.82) is 0 Å². The molecule has 4 aliphatic rings. The van der Waals surface area contributed by atoms with Gasteiger partial charge >= 0.3 is 0 Å². The van der Waals surface area contributed by atoms with Crippen molar-refractivity contribution in [2.24, 2.45) is 10.9 Å². The van der Waals surface area contributed by atoms with Crippen LogP contribution in [0.25, 0.3) is 0 Å². The molecular formula is C36H43Cl2N5O3S. The minimum atomic E-state index is -0.660. The highest BCUT2D eigenvalue weighted by Crippen LogP contribution is 2.56. The molecule has 3 amide bonds. The lowest BCUT2D eigenvalue weighted by molar-refractivity contribution is -0.147. The van der Waals surface area contributed by atoms with Crippen molar-refractivity contribution in [3.63, 3.8) is 0 Å². The van der Waals surface area contributed by atoms with Gasteiger partial charge in [0.25, 0.3) is 5.91 Å². The number of amidine groups is 1. The first-order valence-corrected chi connectivity index (χ1v) is 18.1. The largest absolute Gasteiger partial charge is 0.337 e. The SMILES string of the molecule is CC[C@@H]1CC[C@@H](C(=O)N2CCN(C(C)=O)[C@H](C)C2)N1C(=O)C1=C(C(C)C)N2C(=N[C@@](C)(c3ccc(Cl)cc3)[C@H]2c2ccc(Cl)cc2)S1. The number of carbonyl (C=O) groups is 3. The number of likely N-dealkylation sites (tertiary alicyclic amines) is 1. The lowest BCUT2D eigenvalue weighted by Crippen LogP contribution is -2.58. The fraction of sp³-hybridized carbons (Fsp3) is 0.500. The molecule has 2 saturated heterocycles. The van der Waals surface area contributed by atoms with Crippen LogP contribution in [0.4, 0.5) is 0 Å². The zero-order chi connectivity index (χ0) is 33.8. The minimum absolute atomic E-state index is 0.00820. The maximum absolute atomic E-state index is 14.8. The van der Waals surface area contributed by atoms with E-state index in [1.54, 1.807) is 6.92 Å². The summed E-state index contributed by atoms with van der Waals surface area (Å²) in [4.78, 5) is 54.8. The van der Waals surface area contributed by atoms with Crippen LogP contribution in [0, 0.1) is 5.92 Å². The molecule has 47 heavy (non-hydrogen) atoms. The minimum Gasteiger partial charge on any atom is -0.337 e. The summed E-state index contributed by atoms with van der Waals surface area (Å²) in [5, 5.41) is 2.09. The maximum Gasteiger partial charge on any atom is 0.263 e. The molecule has 0 unspecified atom stereocenters. The van der Waals surface area contributed by atoms with Crippen molar-refractivity contribution in [2.75, 3.05) is 19.6 Å². The van der Waals surface area contributed by atoms with Crippen LogP contribution >= 0.6 is 35.0 Å². The van der Waals surface area contributed by atoms with Gasteiger partial charge in [0.05, 0.1) is 6.04 Å². The van der Waals surface area contributed by atoms with E-state index in [0.29, 0.717) is 41.0 Å². The Balaban J connectivity index is 1.37. The molecule has 250 valence electrons. The van der Waals surface area contributed by atoms with Gasteiger partial charge in [-0.25, -0.2) is 4.99 Å². The number of halogens is 2. The standard InChI is InChI=1S/C36H43Cl2N5O3S/c1-7-28-16-17-29(33(45)40-18-19-41(23(5)44)22(4)20-40)42(28)34(46)31-30(21(2)3)43-32(24-8-12-26(37)13-9-24)36(6,39-35(43)47-31)25-10-14-27(38)15-11-25/h8-15,21-22,28-29,32H,7,16-20H2,1-6H3/t22-,28-,29+,32-,36+/m1/s1. The Kier molecular flexibility index (Phi) is 9.46. The third-order valence-electron chi connectivity index (χ3n) is 10.2. The summed E-state index contributed by atoms with van der Waals surface area (Å²) in [6.45, 7) is 13.4. The van der Waals surface area contributed by atoms with Crippen molar-refractivity contribution < 1.29 is 14.4 Å². The van der Waals surface area contributed by atoms with E-state index in [-0.39, 0.29) is 41.8 Å². The van der Waals surface area contributed by atoms with Crippen LogP contribution < -0.4 is 0 Å². The third-order valence-corrected chi connectivity index (χ3v) is 11.8. The van der Waals surface area contributed by atoms with Gasteiger partial charge in [-0.15, -0.1) is 0 Å². The average molecular weight is 697 g/mol. The second-order valence-corrected chi connectivity index (χ2v) is 15.4. The Morgan fingerprint density at radius 3 is 2.21 bits per heavy atom. The number of hydrogen-bond acceptors (Lipinski definition) is 6. The number of piperazine rings is 1. The summed E-state index contributed by atoms with van der Waals surface area (Å²) in [6.07, 6.45) is 2.18. The molecule has 6 rings (SSSR count). The smallest absolute Gasteiger partial charge is 0.263 e. The first-order chi connectivity index (χ1) is 22.3. The number of allylic oxidation sites excluding steroid dienone is 1. The maximum atomic E-state index is 14.8. The highest BCUT2D eigenvalue weighted by molar-refractivity contribution is 8.18. The van der Waals surface area contributed by atoms with Gasteiger partial charge in [0.15, 0.2) is 5.17 Å². The number of nitrogens with zero attached hydrogens (tertiary/aromatic N) is 5. The zero-order valence-electron chi connectivity index (χ0n) is 27.9. The molecule has 2 aromatic rings. The molecule has 8 nitrogen and oxygen atoms in total. The number of carbonyl (C=O) groups excluding carboxylic acids is 3. The molecule has 0 spiro atoms. The van der Waals surface area contributed by atoms with Gasteiger partial charge in [-0.3, -0.25) is 14.4 Å². The molecule has 0 aliphatic carbocycles. The molecule has 11 heteroatoms. The van der Waals surface area contributed by atoms with E-state index in [9.17, 15) is 14.4 Å². The molecule has 0 saturated carbocycles. The van der Waals surface area contributed by atoms with Crippen LogP contribution in [0.1, 0.15) is 78.0 Å². The molecule has 2 fully saturated rings. The van der Waals surface area contributed by atoms with Gasteiger partial charge in [0.1, 0.15) is 16.5 Å². The molecule has 4 aliphatic heterocycles. The van der Waals surface area contributed by atoms with E-state index in [4.69, 9.17) is 28.2 Å². The molecule has 5 atom stereocenters. The fourth-order valence-electron chi connectivity index (χ4n) is 7.85. The zero-order valence-corrected chi connectivity index (χ0v) is 30.2. The first kappa shape index (κ1) is 33.9. The van der Waals surface area contributed by atoms with Crippen molar-refractivity contribution in [3.05, 3.63) is 80.3 Å². The quantitative estimate of drug-likeness (QED) is 0.323. The predicted octanol–water partition coefficient (Wildman–Crippen LogP) is 7.08. The number of hydrogen-bond donors (Lipinski definition) is 0. The molecule has 0 aromatic heterocycles. The highest BCUT2D eigenvalue weighted by Gasteiger charge is 2.54. The second kappa shape index (κ2) is 13.1. The third kappa shape index (κ3) is 5.97. The van der Waals surface area contributed by atoms with Crippen LogP contribution in [0.2, 0.25) is 10.0 Å². The lowest BCUT2D eigenvalue weighted by atomic mass is 9.81. The van der Waals surface area contributed by atoms with E-state index in [2.05, 4.69) is 32.6 Å². The van der Waals surface area contributed by atoms with Crippen LogP contribution in [0.3, 0.4) is 0 Å². The number of fused-ring (bicyclic) bond motifs is 1. The fourth-order valence-corrected chi connectivity index (χ4v) is 9.46. The van der Waals surface area contributed by atoms with Crippen molar-refractivity contribution in [3.8, 4) is 0 Å². The first-order valence-electron chi connectivity index (χ1n) is 16.6. The van der Waals surface area contributed by atoms with Gasteiger partial charge in [-0.2, -0.15) is 0 Å². The van der Waals surface area contributed by atoms with Crippen molar-refractivity contribution in [2.45, 2.75) is 90.5 Å². The van der Waals surface area contributed by atoms with Gasteiger partial charge < -0.3 is 19.6 Å². The van der Waals surface area contributed by atoms with Crippen LogP contribution in [-0.4, -0.2) is 80.2 Å². The summed E-state index contributed by atoms with van der Waals surface area (Å²) in [7, 11) is 0. The number of aliphatic imine (C=N–C) groups is 1. The molecule has 0 bridgehead atoms. The van der Waals surface area contributed by atoms with E-state index in [1.165, 1.54) is 11.8 Å². The molecule has 2 aromatic carbocycles. The Morgan fingerprint density at radius 2 is 1.64 bits per heavy atom. The average Bonchev–Trinajstić information content (AvgIpc) is 3.71. The van der Waals surface area contributed by atoms with E-state index >= 15 is 0 Å². The Hall–Kier alpha value is -3.01. The summed E-state index contributed by atoms with van der Waals surface area (Å²) >= 11 is 14.0. The summed E-state index contributed by atoms with van der Waals surface area (Å²) in [5.41, 5.74) is 2.33. The topological polar surface area (TPSA) is 76.5 Å². The van der Waals surface area contributed by atoms with E-state index < -0.39 is 11.6 Å². The summed E-state index contributed by atoms with van der Waals surface area (Å²) in [5.74, 6) is -0.0932. The van der Waals surface area contributed by atoms with Gasteiger partial charge in [0, 0.05) is 54.4 Å².